The molecule has 0 aliphatic heterocycles. The number of fused-ring (bicyclic) bond motifs is 1. The number of anilines is 1. The Bertz CT molecular complexity index is 497. The maximum atomic E-state index is 5.91. The van der Waals surface area contributed by atoms with Crippen molar-refractivity contribution in [3.8, 4) is 0 Å². The van der Waals surface area contributed by atoms with Crippen LogP contribution in [0, 0.1) is 13.8 Å². The highest BCUT2D eigenvalue weighted by atomic mass is 15.1. The van der Waals surface area contributed by atoms with Crippen molar-refractivity contribution in [1.82, 2.24) is 9.55 Å². The predicted molar refractivity (Wildman–Crippen MR) is 63.9 cm³/mol. The van der Waals surface area contributed by atoms with E-state index in [-0.39, 0.29) is 0 Å². The van der Waals surface area contributed by atoms with Gasteiger partial charge in [0.05, 0.1) is 11.0 Å². The minimum atomic E-state index is 0.626. The summed E-state index contributed by atoms with van der Waals surface area (Å²) in [5.74, 6) is 0.626. The summed E-state index contributed by atoms with van der Waals surface area (Å²) in [4.78, 5) is 4.41. The van der Waals surface area contributed by atoms with Crippen molar-refractivity contribution in [1.29, 1.82) is 0 Å². The van der Waals surface area contributed by atoms with Gasteiger partial charge in [0.1, 0.15) is 0 Å². The molecule has 80 valence electrons. The Balaban J connectivity index is 2.74. The number of aryl methyl sites for hydroxylation is 3. The van der Waals surface area contributed by atoms with Gasteiger partial charge in [-0.2, -0.15) is 0 Å². The highest BCUT2D eigenvalue weighted by Gasteiger charge is 2.09. The van der Waals surface area contributed by atoms with Crippen molar-refractivity contribution in [3.05, 3.63) is 23.3 Å². The molecule has 0 fully saturated rings. The molecule has 0 spiro atoms. The van der Waals surface area contributed by atoms with Gasteiger partial charge >= 0.3 is 0 Å². The maximum Gasteiger partial charge on any atom is 0.201 e. The number of nitrogens with zero attached hydrogens (tertiary/aromatic N) is 2. The largest absolute Gasteiger partial charge is 0.369 e. The first-order chi connectivity index (χ1) is 7.13. The molecule has 2 rings (SSSR count). The van der Waals surface area contributed by atoms with Crippen molar-refractivity contribution in [2.75, 3.05) is 5.73 Å². The SMILES string of the molecule is CCCn1c(N)nc2c(C)cc(C)cc21. The monoisotopic (exact) mass is 203 g/mol. The molecule has 3 heteroatoms. The van der Waals surface area contributed by atoms with Gasteiger partial charge in [-0.1, -0.05) is 13.0 Å². The summed E-state index contributed by atoms with van der Waals surface area (Å²) in [7, 11) is 0. The van der Waals surface area contributed by atoms with E-state index in [4.69, 9.17) is 5.73 Å². The van der Waals surface area contributed by atoms with Gasteiger partial charge < -0.3 is 10.3 Å². The molecule has 1 aromatic heterocycles. The van der Waals surface area contributed by atoms with Crippen LogP contribution in [0.2, 0.25) is 0 Å². The number of nitrogens with two attached hydrogens (primary N) is 1. The van der Waals surface area contributed by atoms with Crippen LogP contribution in [0.5, 0.6) is 0 Å². The topological polar surface area (TPSA) is 43.8 Å². The van der Waals surface area contributed by atoms with Gasteiger partial charge in [-0.05, 0) is 37.5 Å². The van der Waals surface area contributed by atoms with Crippen molar-refractivity contribution < 1.29 is 0 Å². The van der Waals surface area contributed by atoms with Crippen LogP contribution in [0.3, 0.4) is 0 Å². The molecule has 3 nitrogen and oxygen atoms in total. The molecule has 1 aromatic carbocycles. The van der Waals surface area contributed by atoms with Gasteiger partial charge in [0.15, 0.2) is 0 Å². The number of hydrogen-bond donors (Lipinski definition) is 1. The Morgan fingerprint density at radius 2 is 2.07 bits per heavy atom. The molecule has 0 saturated heterocycles. The number of rotatable bonds is 2. The fourth-order valence-corrected chi connectivity index (χ4v) is 2.05. The third-order valence-corrected chi connectivity index (χ3v) is 2.67. The van der Waals surface area contributed by atoms with Gasteiger partial charge in [0.25, 0.3) is 0 Å². The minimum Gasteiger partial charge on any atom is -0.369 e. The van der Waals surface area contributed by atoms with Crippen LogP contribution < -0.4 is 5.73 Å². The van der Waals surface area contributed by atoms with Crippen LogP contribution in [0.4, 0.5) is 5.95 Å². The van der Waals surface area contributed by atoms with E-state index in [1.165, 1.54) is 11.1 Å². The molecule has 0 aliphatic rings. The van der Waals surface area contributed by atoms with Crippen molar-refractivity contribution in [2.24, 2.45) is 0 Å². The van der Waals surface area contributed by atoms with Crippen LogP contribution in [0.1, 0.15) is 24.5 Å². The zero-order chi connectivity index (χ0) is 11.0. The minimum absolute atomic E-state index is 0.626. The van der Waals surface area contributed by atoms with E-state index < -0.39 is 0 Å². The zero-order valence-corrected chi connectivity index (χ0v) is 9.54. The van der Waals surface area contributed by atoms with E-state index in [2.05, 4.69) is 42.5 Å². The van der Waals surface area contributed by atoms with Crippen molar-refractivity contribution in [3.63, 3.8) is 0 Å². The van der Waals surface area contributed by atoms with Gasteiger partial charge in [-0.3, -0.25) is 0 Å². The first kappa shape index (κ1) is 10.0. The third-order valence-electron chi connectivity index (χ3n) is 2.67. The van der Waals surface area contributed by atoms with E-state index >= 15 is 0 Å². The lowest BCUT2D eigenvalue weighted by molar-refractivity contribution is 0.706. The molecule has 0 atom stereocenters. The quantitative estimate of drug-likeness (QED) is 0.815. The molecule has 0 saturated carbocycles. The Labute approximate surface area is 89.9 Å². The van der Waals surface area contributed by atoms with E-state index in [0.717, 1.165) is 24.0 Å². The van der Waals surface area contributed by atoms with Crippen molar-refractivity contribution >= 4 is 17.0 Å². The number of benzene rings is 1. The Morgan fingerprint density at radius 1 is 1.33 bits per heavy atom. The molecular formula is C12H17N3. The molecule has 2 N–H and O–H groups in total. The Hall–Kier alpha value is -1.51. The lowest BCUT2D eigenvalue weighted by atomic mass is 10.1. The van der Waals surface area contributed by atoms with Gasteiger partial charge in [0, 0.05) is 6.54 Å². The number of hydrogen-bond acceptors (Lipinski definition) is 2. The Morgan fingerprint density at radius 3 is 2.73 bits per heavy atom. The first-order valence-corrected chi connectivity index (χ1v) is 5.36. The molecule has 1 heterocycles. The zero-order valence-electron chi connectivity index (χ0n) is 9.54. The highest BCUT2D eigenvalue weighted by molar-refractivity contribution is 5.82. The molecule has 0 bridgehead atoms. The molecule has 0 amide bonds. The summed E-state index contributed by atoms with van der Waals surface area (Å²) < 4.78 is 2.09. The summed E-state index contributed by atoms with van der Waals surface area (Å²) in [6.07, 6.45) is 1.07. The Kier molecular flexibility index (Phi) is 2.39. The fraction of sp³-hybridized carbons (Fsp3) is 0.417. The highest BCUT2D eigenvalue weighted by Crippen LogP contribution is 2.23. The second kappa shape index (κ2) is 3.57. The van der Waals surface area contributed by atoms with Crippen LogP contribution in [-0.2, 0) is 6.54 Å². The standard InChI is InChI=1S/C12H17N3/c1-4-5-15-10-7-8(2)6-9(3)11(10)14-12(15)13/h6-7H,4-5H2,1-3H3,(H2,13,14). The summed E-state index contributed by atoms with van der Waals surface area (Å²) in [5.41, 5.74) is 10.6. The average molecular weight is 203 g/mol. The summed E-state index contributed by atoms with van der Waals surface area (Å²) >= 11 is 0. The molecule has 0 radical (unpaired) electrons. The summed E-state index contributed by atoms with van der Waals surface area (Å²) in [6, 6.07) is 4.30. The van der Waals surface area contributed by atoms with Crippen molar-refractivity contribution in [2.45, 2.75) is 33.7 Å². The molecule has 2 aromatic rings. The van der Waals surface area contributed by atoms with Crippen LogP contribution >= 0.6 is 0 Å². The van der Waals surface area contributed by atoms with E-state index in [9.17, 15) is 0 Å². The fourth-order valence-electron chi connectivity index (χ4n) is 2.05. The van der Waals surface area contributed by atoms with E-state index in [0.29, 0.717) is 5.95 Å². The second-order valence-electron chi connectivity index (χ2n) is 4.07. The molecule has 15 heavy (non-hydrogen) atoms. The average Bonchev–Trinajstić information content (AvgIpc) is 2.46. The predicted octanol–water partition coefficient (Wildman–Crippen LogP) is 2.65. The molecular weight excluding hydrogens is 186 g/mol. The van der Waals surface area contributed by atoms with Crippen LogP contribution in [-0.4, -0.2) is 9.55 Å². The number of nitrogen functional groups attached to an aromatic ring is 1. The summed E-state index contributed by atoms with van der Waals surface area (Å²) in [5, 5.41) is 0. The van der Waals surface area contributed by atoms with E-state index in [1.54, 1.807) is 0 Å². The van der Waals surface area contributed by atoms with Gasteiger partial charge in [-0.25, -0.2) is 4.98 Å². The van der Waals surface area contributed by atoms with Crippen LogP contribution in [0.15, 0.2) is 12.1 Å². The molecule has 0 unspecified atom stereocenters. The third kappa shape index (κ3) is 1.58. The van der Waals surface area contributed by atoms with E-state index in [1.807, 2.05) is 0 Å². The maximum absolute atomic E-state index is 5.91. The normalized spacial score (nSPS) is 11.1. The number of aromatic nitrogens is 2. The van der Waals surface area contributed by atoms with Crippen LogP contribution in [0.25, 0.3) is 11.0 Å². The lowest BCUT2D eigenvalue weighted by Crippen LogP contribution is -2.02. The van der Waals surface area contributed by atoms with Gasteiger partial charge in [0.2, 0.25) is 5.95 Å². The lowest BCUT2D eigenvalue weighted by Gasteiger charge is -2.04. The first-order valence-electron chi connectivity index (χ1n) is 5.36. The number of imidazole rings is 1. The second-order valence-corrected chi connectivity index (χ2v) is 4.07. The smallest absolute Gasteiger partial charge is 0.201 e. The van der Waals surface area contributed by atoms with Gasteiger partial charge in [-0.15, -0.1) is 0 Å². The summed E-state index contributed by atoms with van der Waals surface area (Å²) in [6.45, 7) is 7.27. The molecule has 0 aliphatic carbocycles.